The summed E-state index contributed by atoms with van der Waals surface area (Å²) < 4.78 is 32.3. The topological polar surface area (TPSA) is 33.0 Å². The van der Waals surface area contributed by atoms with Crippen molar-refractivity contribution in [3.8, 4) is 17.6 Å². The normalized spacial score (nSPS) is 9.89. The van der Waals surface area contributed by atoms with E-state index < -0.39 is 11.6 Å². The number of nitrogens with zero attached hydrogens (tertiary/aromatic N) is 1. The Morgan fingerprint density at radius 3 is 2.56 bits per heavy atom. The number of ether oxygens (including phenoxy) is 1. The first-order chi connectivity index (χ1) is 8.61. The number of rotatable bonds is 2. The van der Waals surface area contributed by atoms with Crippen LogP contribution in [0.5, 0.6) is 11.5 Å². The predicted molar refractivity (Wildman–Crippen MR) is 65.3 cm³/mol. The molecule has 0 aromatic heterocycles. The fraction of sp³-hybridized carbons (Fsp3) is 0. The molecule has 0 amide bonds. The Morgan fingerprint density at radius 1 is 1.11 bits per heavy atom. The van der Waals surface area contributed by atoms with Crippen molar-refractivity contribution in [1.29, 1.82) is 5.26 Å². The molecule has 2 rings (SSSR count). The zero-order valence-corrected chi connectivity index (χ0v) is 10.5. The largest absolute Gasteiger partial charge is 0.453 e. The molecule has 2 nitrogen and oxygen atoms in total. The van der Waals surface area contributed by atoms with Crippen LogP contribution in [-0.2, 0) is 0 Å². The van der Waals surface area contributed by atoms with Crippen LogP contribution in [0, 0.1) is 23.0 Å². The molecule has 0 bridgehead atoms. The fourth-order valence-corrected chi connectivity index (χ4v) is 1.78. The number of hydrogen-bond acceptors (Lipinski definition) is 2. The molecule has 2 aromatic rings. The molecule has 0 aliphatic carbocycles. The number of nitriles is 1. The molecule has 90 valence electrons. The van der Waals surface area contributed by atoms with E-state index in [9.17, 15) is 8.78 Å². The quantitative estimate of drug-likeness (QED) is 0.771. The summed E-state index contributed by atoms with van der Waals surface area (Å²) in [7, 11) is 0. The second-order valence-corrected chi connectivity index (χ2v) is 4.33. The van der Waals surface area contributed by atoms with Gasteiger partial charge in [0.25, 0.3) is 0 Å². The van der Waals surface area contributed by atoms with E-state index in [0.717, 1.165) is 6.07 Å². The van der Waals surface area contributed by atoms with Gasteiger partial charge in [-0.2, -0.15) is 9.65 Å². The molecule has 0 saturated heterocycles. The van der Waals surface area contributed by atoms with E-state index in [0.29, 0.717) is 4.47 Å². The van der Waals surface area contributed by atoms with Crippen molar-refractivity contribution in [3.05, 3.63) is 58.1 Å². The molecule has 18 heavy (non-hydrogen) atoms. The Labute approximate surface area is 111 Å². The summed E-state index contributed by atoms with van der Waals surface area (Å²) in [4.78, 5) is 0. The summed E-state index contributed by atoms with van der Waals surface area (Å²) in [5, 5.41) is 8.87. The lowest BCUT2D eigenvalue weighted by Crippen LogP contribution is -1.94. The summed E-state index contributed by atoms with van der Waals surface area (Å²) in [6.07, 6.45) is 0. The standard InChI is InChI=1S/C13H6BrF2NO/c14-9-5-10(15)13(16)12(6-9)18-11-4-2-1-3-8(11)7-17/h1-6H. The van der Waals surface area contributed by atoms with Crippen LogP contribution in [0.4, 0.5) is 8.78 Å². The molecule has 0 N–H and O–H groups in total. The molecule has 5 heteroatoms. The molecule has 0 aliphatic heterocycles. The zero-order chi connectivity index (χ0) is 13.1. The maximum absolute atomic E-state index is 13.5. The SMILES string of the molecule is N#Cc1ccccc1Oc1cc(Br)cc(F)c1F. The lowest BCUT2D eigenvalue weighted by molar-refractivity contribution is 0.414. The fourth-order valence-electron chi connectivity index (χ4n) is 1.37. The molecule has 0 unspecified atom stereocenters. The van der Waals surface area contributed by atoms with Gasteiger partial charge < -0.3 is 4.74 Å². The van der Waals surface area contributed by atoms with Crippen molar-refractivity contribution in [2.24, 2.45) is 0 Å². The van der Waals surface area contributed by atoms with Gasteiger partial charge in [-0.3, -0.25) is 0 Å². The summed E-state index contributed by atoms with van der Waals surface area (Å²) in [6.45, 7) is 0. The summed E-state index contributed by atoms with van der Waals surface area (Å²) in [5.41, 5.74) is 0.247. The molecule has 0 heterocycles. The maximum Gasteiger partial charge on any atom is 0.201 e. The molecule has 0 spiro atoms. The van der Waals surface area contributed by atoms with Crippen molar-refractivity contribution in [2.45, 2.75) is 0 Å². The van der Waals surface area contributed by atoms with Gasteiger partial charge in [0.15, 0.2) is 11.6 Å². The van der Waals surface area contributed by atoms with Gasteiger partial charge >= 0.3 is 0 Å². The van der Waals surface area contributed by atoms with E-state index in [2.05, 4.69) is 15.9 Å². The Balaban J connectivity index is 2.44. The number of hydrogen-bond donors (Lipinski definition) is 0. The van der Waals surface area contributed by atoms with Gasteiger partial charge in [-0.05, 0) is 24.3 Å². The highest BCUT2D eigenvalue weighted by Gasteiger charge is 2.13. The Hall–Kier alpha value is -1.93. The first-order valence-electron chi connectivity index (χ1n) is 4.93. The summed E-state index contributed by atoms with van der Waals surface area (Å²) >= 11 is 3.04. The van der Waals surface area contributed by atoms with Gasteiger partial charge in [0.2, 0.25) is 5.82 Å². The molecule has 0 atom stereocenters. The molecule has 0 saturated carbocycles. The monoisotopic (exact) mass is 309 g/mol. The zero-order valence-electron chi connectivity index (χ0n) is 8.95. The van der Waals surface area contributed by atoms with Crippen LogP contribution < -0.4 is 4.74 Å². The van der Waals surface area contributed by atoms with Crippen LogP contribution in [0.3, 0.4) is 0 Å². The van der Waals surface area contributed by atoms with Crippen LogP contribution >= 0.6 is 15.9 Å². The van der Waals surface area contributed by atoms with Gasteiger partial charge in [-0.15, -0.1) is 0 Å². The summed E-state index contributed by atoms with van der Waals surface area (Å²) in [5.74, 6) is -2.21. The van der Waals surface area contributed by atoms with Gasteiger partial charge in [0.1, 0.15) is 11.8 Å². The third-order valence-corrected chi connectivity index (χ3v) is 2.64. The van der Waals surface area contributed by atoms with Crippen LogP contribution in [0.1, 0.15) is 5.56 Å². The van der Waals surface area contributed by atoms with Gasteiger partial charge in [-0.1, -0.05) is 28.1 Å². The Bertz CT molecular complexity index is 637. The van der Waals surface area contributed by atoms with Gasteiger partial charge in [-0.25, -0.2) is 4.39 Å². The van der Waals surface area contributed by atoms with E-state index in [1.54, 1.807) is 12.1 Å². The van der Waals surface area contributed by atoms with E-state index in [-0.39, 0.29) is 17.1 Å². The number of para-hydroxylation sites is 1. The van der Waals surface area contributed by atoms with Gasteiger partial charge in [0, 0.05) is 4.47 Å². The smallest absolute Gasteiger partial charge is 0.201 e. The maximum atomic E-state index is 13.5. The van der Waals surface area contributed by atoms with Crippen molar-refractivity contribution < 1.29 is 13.5 Å². The van der Waals surface area contributed by atoms with Crippen LogP contribution in [0.25, 0.3) is 0 Å². The van der Waals surface area contributed by atoms with Crippen LogP contribution in [0.15, 0.2) is 40.9 Å². The lowest BCUT2D eigenvalue weighted by Gasteiger charge is -2.09. The molecule has 0 radical (unpaired) electrons. The third-order valence-electron chi connectivity index (χ3n) is 2.19. The first kappa shape index (κ1) is 12.5. The average Bonchev–Trinajstić information content (AvgIpc) is 2.36. The molecular formula is C13H6BrF2NO. The van der Waals surface area contributed by atoms with Crippen LogP contribution in [-0.4, -0.2) is 0 Å². The molecule has 2 aromatic carbocycles. The highest BCUT2D eigenvalue weighted by atomic mass is 79.9. The van der Waals surface area contributed by atoms with E-state index in [4.69, 9.17) is 10.00 Å². The minimum atomic E-state index is -1.09. The van der Waals surface area contributed by atoms with E-state index >= 15 is 0 Å². The summed E-state index contributed by atoms with van der Waals surface area (Å²) in [6, 6.07) is 10.5. The van der Waals surface area contributed by atoms with Crippen molar-refractivity contribution in [2.75, 3.05) is 0 Å². The second-order valence-electron chi connectivity index (χ2n) is 3.41. The van der Waals surface area contributed by atoms with Crippen molar-refractivity contribution >= 4 is 15.9 Å². The highest BCUT2D eigenvalue weighted by molar-refractivity contribution is 9.10. The minimum absolute atomic E-state index is 0.177. The first-order valence-corrected chi connectivity index (χ1v) is 5.72. The predicted octanol–water partition coefficient (Wildman–Crippen LogP) is 4.39. The third kappa shape index (κ3) is 2.49. The van der Waals surface area contributed by atoms with E-state index in [1.807, 2.05) is 6.07 Å². The van der Waals surface area contributed by atoms with Crippen molar-refractivity contribution in [3.63, 3.8) is 0 Å². The number of benzene rings is 2. The lowest BCUT2D eigenvalue weighted by atomic mass is 10.2. The number of halogens is 3. The highest BCUT2D eigenvalue weighted by Crippen LogP contribution is 2.30. The Morgan fingerprint density at radius 2 is 1.83 bits per heavy atom. The average molecular weight is 310 g/mol. The second kappa shape index (κ2) is 5.15. The van der Waals surface area contributed by atoms with Crippen LogP contribution in [0.2, 0.25) is 0 Å². The van der Waals surface area contributed by atoms with E-state index in [1.165, 1.54) is 18.2 Å². The molecular weight excluding hydrogens is 304 g/mol. The molecule has 0 fully saturated rings. The minimum Gasteiger partial charge on any atom is -0.453 e. The van der Waals surface area contributed by atoms with Gasteiger partial charge in [0.05, 0.1) is 5.56 Å². The van der Waals surface area contributed by atoms with Crippen molar-refractivity contribution in [1.82, 2.24) is 0 Å². The Kier molecular flexibility index (Phi) is 3.58. The molecule has 0 aliphatic rings.